The average Bonchev–Trinajstić information content (AvgIpc) is 3.41. The second kappa shape index (κ2) is 60.0. The molecule has 0 aliphatic carbocycles. The van der Waals surface area contributed by atoms with Crippen LogP contribution in [0.3, 0.4) is 0 Å². The Morgan fingerprint density at radius 1 is 0.280 bits per heavy atom. The van der Waals surface area contributed by atoms with E-state index in [0.717, 1.165) is 103 Å². The molecule has 0 amide bonds. The van der Waals surface area contributed by atoms with Gasteiger partial charge < -0.3 is 14.2 Å². The molecular weight excluding hydrogens is 925 g/mol. The Balaban J connectivity index is 4.73. The van der Waals surface area contributed by atoms with Gasteiger partial charge >= 0.3 is 17.9 Å². The van der Waals surface area contributed by atoms with Gasteiger partial charge in [0.2, 0.25) is 0 Å². The standard InChI is InChI=1S/C69H96O6/c1-4-7-10-13-16-19-22-25-28-31-34-37-40-43-46-49-52-55-58-61-67(70)73-64-66(75-69(72)63-60-57-54-51-48-45-42-39-36-33-30-27-24-21-18-15-12-9-6-3)65-74-68(71)62-59-56-53-50-47-44-41-38-35-32-29-26-23-20-17-14-11-8-5-2/h7-13,15-22,24-31,33-40,42-48,66H,4-6,14,23,32,41,49-65H2,1-3H3/b10-7-,11-8-,12-9-,16-13-,18-15-,20-17-,22-19-,24-21-,28-25-,29-26-,30-27-,34-31+,36-33+,38-35-,40-37-,42-39-,46-43-,47-44-,48-45-. The van der Waals surface area contributed by atoms with E-state index in [2.05, 4.69) is 106 Å². The summed E-state index contributed by atoms with van der Waals surface area (Å²) in [6.45, 7) is 6.08. The van der Waals surface area contributed by atoms with Crippen LogP contribution in [0.1, 0.15) is 162 Å². The number of hydrogen-bond donors (Lipinski definition) is 0. The first kappa shape index (κ1) is 68.5. The minimum Gasteiger partial charge on any atom is -0.462 e. The van der Waals surface area contributed by atoms with Gasteiger partial charge in [-0.1, -0.05) is 271 Å². The topological polar surface area (TPSA) is 78.9 Å². The summed E-state index contributed by atoms with van der Waals surface area (Å²) in [6.07, 6.45) is 95.9. The molecular formula is C69H96O6. The SMILES string of the molecule is CC\C=C/C=C\C=C/C=C\C=C\C=C/C=C\CCCCCC(=O)OCC(COC(=O)CCCCC/C=C\C/C=C\C/C=C\C/C=C\C/C=C\CC)OC(=O)CCCCC\C=C/C=C\C=C\C=C/C=C\C=C/C=C\CC. The molecule has 0 spiro atoms. The summed E-state index contributed by atoms with van der Waals surface area (Å²) in [5.74, 6) is -1.09. The Labute approximate surface area is 456 Å². The summed E-state index contributed by atoms with van der Waals surface area (Å²) >= 11 is 0. The molecule has 0 aromatic rings. The van der Waals surface area contributed by atoms with E-state index in [1.165, 1.54) is 0 Å². The van der Waals surface area contributed by atoms with Crippen molar-refractivity contribution in [3.05, 3.63) is 231 Å². The molecule has 0 rings (SSSR count). The van der Waals surface area contributed by atoms with E-state index < -0.39 is 6.10 Å². The minimum absolute atomic E-state index is 0.145. The van der Waals surface area contributed by atoms with Crippen LogP contribution in [0.15, 0.2) is 231 Å². The van der Waals surface area contributed by atoms with Crippen LogP contribution in [-0.4, -0.2) is 37.2 Å². The van der Waals surface area contributed by atoms with Gasteiger partial charge in [-0.2, -0.15) is 0 Å². The molecule has 0 heterocycles. The molecule has 0 bridgehead atoms. The van der Waals surface area contributed by atoms with E-state index in [0.29, 0.717) is 19.3 Å². The Hall–Kier alpha value is -6.53. The maximum Gasteiger partial charge on any atom is 0.306 e. The third-order valence-corrected chi connectivity index (χ3v) is 10.5. The zero-order valence-corrected chi connectivity index (χ0v) is 46.4. The molecule has 0 aliphatic rings. The van der Waals surface area contributed by atoms with Crippen molar-refractivity contribution in [2.45, 2.75) is 168 Å². The van der Waals surface area contributed by atoms with Crippen molar-refractivity contribution in [2.24, 2.45) is 0 Å². The number of carbonyl (C=O) groups excluding carboxylic acids is 3. The molecule has 0 aliphatic heterocycles. The van der Waals surface area contributed by atoms with E-state index in [4.69, 9.17) is 14.2 Å². The zero-order chi connectivity index (χ0) is 54.3. The van der Waals surface area contributed by atoms with Gasteiger partial charge in [0.1, 0.15) is 13.2 Å². The normalized spacial score (nSPS) is 13.9. The zero-order valence-electron chi connectivity index (χ0n) is 46.4. The fraction of sp³-hybridized carbons (Fsp3) is 0.406. The van der Waals surface area contributed by atoms with Crippen LogP contribution in [0.4, 0.5) is 0 Å². The van der Waals surface area contributed by atoms with Crippen molar-refractivity contribution >= 4 is 17.9 Å². The number of unbranched alkanes of at least 4 members (excludes halogenated alkanes) is 9. The molecule has 1 atom stereocenters. The van der Waals surface area contributed by atoms with Gasteiger partial charge in [0.15, 0.2) is 6.10 Å². The van der Waals surface area contributed by atoms with E-state index >= 15 is 0 Å². The summed E-state index contributed by atoms with van der Waals surface area (Å²) in [7, 11) is 0. The Morgan fingerprint density at radius 3 is 0.880 bits per heavy atom. The molecule has 408 valence electrons. The smallest absolute Gasteiger partial charge is 0.306 e. The molecule has 0 N–H and O–H groups in total. The number of hydrogen-bond acceptors (Lipinski definition) is 6. The van der Waals surface area contributed by atoms with Crippen molar-refractivity contribution in [1.29, 1.82) is 0 Å². The van der Waals surface area contributed by atoms with Crippen LogP contribution in [0.5, 0.6) is 0 Å². The monoisotopic (exact) mass is 1020 g/mol. The molecule has 0 aromatic carbocycles. The molecule has 0 saturated heterocycles. The first-order valence-electron chi connectivity index (χ1n) is 28.1. The van der Waals surface area contributed by atoms with Crippen LogP contribution < -0.4 is 0 Å². The van der Waals surface area contributed by atoms with Gasteiger partial charge in [0.05, 0.1) is 0 Å². The molecule has 6 heteroatoms. The Morgan fingerprint density at radius 2 is 0.547 bits per heavy atom. The average molecular weight is 1020 g/mol. The fourth-order valence-corrected chi connectivity index (χ4v) is 6.43. The third-order valence-electron chi connectivity index (χ3n) is 10.5. The van der Waals surface area contributed by atoms with Crippen molar-refractivity contribution < 1.29 is 28.6 Å². The summed E-state index contributed by atoms with van der Waals surface area (Å²) in [5.41, 5.74) is 0. The van der Waals surface area contributed by atoms with Gasteiger partial charge in [-0.25, -0.2) is 0 Å². The Bertz CT molecular complexity index is 1990. The highest BCUT2D eigenvalue weighted by Gasteiger charge is 2.19. The Kier molecular flexibility index (Phi) is 54.8. The van der Waals surface area contributed by atoms with Crippen molar-refractivity contribution in [3.63, 3.8) is 0 Å². The molecule has 0 radical (unpaired) electrons. The minimum atomic E-state index is -0.854. The highest BCUT2D eigenvalue weighted by molar-refractivity contribution is 5.71. The number of rotatable bonds is 46. The van der Waals surface area contributed by atoms with Gasteiger partial charge in [0.25, 0.3) is 0 Å². The predicted molar refractivity (Wildman–Crippen MR) is 324 cm³/mol. The van der Waals surface area contributed by atoms with Gasteiger partial charge in [-0.05, 0) is 103 Å². The summed E-state index contributed by atoms with van der Waals surface area (Å²) in [5, 5.41) is 0. The lowest BCUT2D eigenvalue weighted by Gasteiger charge is -2.18. The van der Waals surface area contributed by atoms with Crippen LogP contribution >= 0.6 is 0 Å². The second-order valence-electron chi connectivity index (χ2n) is 17.4. The molecule has 75 heavy (non-hydrogen) atoms. The largest absolute Gasteiger partial charge is 0.462 e. The van der Waals surface area contributed by atoms with Gasteiger partial charge in [0, 0.05) is 19.3 Å². The predicted octanol–water partition coefficient (Wildman–Crippen LogP) is 19.2. The van der Waals surface area contributed by atoms with Gasteiger partial charge in [-0.3, -0.25) is 14.4 Å². The lowest BCUT2D eigenvalue weighted by atomic mass is 10.1. The molecule has 0 saturated carbocycles. The van der Waals surface area contributed by atoms with Crippen LogP contribution in [-0.2, 0) is 28.6 Å². The molecule has 1 unspecified atom stereocenters. The third kappa shape index (κ3) is 58.2. The first-order valence-corrected chi connectivity index (χ1v) is 28.1. The number of allylic oxidation sites excluding steroid dienone is 38. The highest BCUT2D eigenvalue weighted by atomic mass is 16.6. The lowest BCUT2D eigenvalue weighted by Crippen LogP contribution is -2.30. The number of ether oxygens (including phenoxy) is 3. The second-order valence-corrected chi connectivity index (χ2v) is 17.4. The van der Waals surface area contributed by atoms with E-state index in [-0.39, 0.29) is 50.4 Å². The molecule has 6 nitrogen and oxygen atoms in total. The van der Waals surface area contributed by atoms with Crippen molar-refractivity contribution in [3.8, 4) is 0 Å². The molecule has 0 fully saturated rings. The fourth-order valence-electron chi connectivity index (χ4n) is 6.43. The quantitative estimate of drug-likeness (QED) is 0.0199. The van der Waals surface area contributed by atoms with Crippen LogP contribution in [0, 0.1) is 0 Å². The van der Waals surface area contributed by atoms with E-state index in [9.17, 15) is 14.4 Å². The summed E-state index contributed by atoms with van der Waals surface area (Å²) in [4.78, 5) is 38.2. The van der Waals surface area contributed by atoms with E-state index in [1.807, 2.05) is 146 Å². The van der Waals surface area contributed by atoms with E-state index in [1.54, 1.807) is 0 Å². The summed E-state index contributed by atoms with van der Waals surface area (Å²) < 4.78 is 16.8. The highest BCUT2D eigenvalue weighted by Crippen LogP contribution is 2.11. The summed E-state index contributed by atoms with van der Waals surface area (Å²) in [6, 6.07) is 0. The maximum absolute atomic E-state index is 12.9. The first-order chi connectivity index (χ1) is 37.0. The lowest BCUT2D eigenvalue weighted by molar-refractivity contribution is -0.167. The van der Waals surface area contributed by atoms with Crippen LogP contribution in [0.25, 0.3) is 0 Å². The number of esters is 3. The van der Waals surface area contributed by atoms with Gasteiger partial charge in [-0.15, -0.1) is 0 Å². The van der Waals surface area contributed by atoms with Crippen molar-refractivity contribution in [1.82, 2.24) is 0 Å². The maximum atomic E-state index is 12.9. The number of carbonyl (C=O) groups is 3. The van der Waals surface area contributed by atoms with Crippen molar-refractivity contribution in [2.75, 3.05) is 13.2 Å². The van der Waals surface area contributed by atoms with Crippen LogP contribution in [0.2, 0.25) is 0 Å². The molecule has 0 aromatic heterocycles.